The molecule has 3 aliphatic rings. The Morgan fingerprint density at radius 1 is 1.12 bits per heavy atom. The van der Waals surface area contributed by atoms with Gasteiger partial charge in [0.25, 0.3) is 0 Å². The molecule has 0 radical (unpaired) electrons. The van der Waals surface area contributed by atoms with Crippen molar-refractivity contribution >= 4 is 11.9 Å². The van der Waals surface area contributed by atoms with Crippen LogP contribution in [0.3, 0.4) is 0 Å². The first-order chi connectivity index (χ1) is 12.1. The minimum atomic E-state index is -0.430. The van der Waals surface area contributed by atoms with E-state index in [-0.39, 0.29) is 35.6 Å². The first-order valence-electron chi connectivity index (χ1n) is 9.25. The van der Waals surface area contributed by atoms with Crippen molar-refractivity contribution in [1.29, 1.82) is 0 Å². The van der Waals surface area contributed by atoms with Crippen LogP contribution >= 0.6 is 0 Å². The van der Waals surface area contributed by atoms with E-state index in [0.29, 0.717) is 5.92 Å². The van der Waals surface area contributed by atoms with Gasteiger partial charge in [-0.3, -0.25) is 4.79 Å². The summed E-state index contributed by atoms with van der Waals surface area (Å²) in [6.07, 6.45) is 5.89. The molecule has 134 valence electrons. The zero-order valence-corrected chi connectivity index (χ0v) is 14.5. The number of halogens is 1. The summed E-state index contributed by atoms with van der Waals surface area (Å²) in [7, 11) is 1.39. The first kappa shape index (κ1) is 16.6. The molecule has 1 aromatic rings. The lowest BCUT2D eigenvalue weighted by Gasteiger charge is -2.33. The number of nitrogens with zero attached hydrogens (tertiary/aromatic N) is 1. The monoisotopic (exact) mass is 345 g/mol. The summed E-state index contributed by atoms with van der Waals surface area (Å²) in [5.41, 5.74) is 1.01. The maximum Gasteiger partial charge on any atom is 0.328 e. The number of esters is 1. The molecule has 0 aromatic heterocycles. The van der Waals surface area contributed by atoms with Crippen LogP contribution in [0.5, 0.6) is 0 Å². The molecular formula is C20H24FNO3. The zero-order valence-electron chi connectivity index (χ0n) is 14.5. The fourth-order valence-electron chi connectivity index (χ4n) is 4.86. The number of hydrogen-bond donors (Lipinski definition) is 0. The first-order valence-corrected chi connectivity index (χ1v) is 9.25. The van der Waals surface area contributed by atoms with Crippen molar-refractivity contribution in [1.82, 2.24) is 4.90 Å². The molecule has 0 spiro atoms. The van der Waals surface area contributed by atoms with Gasteiger partial charge in [0.2, 0.25) is 5.91 Å². The standard InChI is InChI=1S/C20H24FNO3/c1-25-20(24)18-10-13-4-2-3-5-17(13)22(18)19(23)16-11-15(16)12-6-8-14(21)9-7-12/h6-9,13,15-18H,2-5,10-11H2,1H3/t13-,15+,16+,17-,18-/m0/s1. The van der Waals surface area contributed by atoms with Gasteiger partial charge in [0.1, 0.15) is 11.9 Å². The number of benzene rings is 1. The molecule has 2 saturated carbocycles. The second-order valence-electron chi connectivity index (χ2n) is 7.63. The van der Waals surface area contributed by atoms with Gasteiger partial charge in [0, 0.05) is 12.0 Å². The SMILES string of the molecule is COC(=O)[C@@H]1C[C@@H]2CCCC[C@@H]2N1C(=O)[C@@H]1C[C@@H]1c1ccc(F)cc1. The van der Waals surface area contributed by atoms with Gasteiger partial charge >= 0.3 is 5.97 Å². The highest BCUT2D eigenvalue weighted by Gasteiger charge is 2.54. The van der Waals surface area contributed by atoms with Crippen LogP contribution in [0.2, 0.25) is 0 Å². The fourth-order valence-corrected chi connectivity index (χ4v) is 4.86. The summed E-state index contributed by atoms with van der Waals surface area (Å²) in [6, 6.07) is 6.16. The Hall–Kier alpha value is -1.91. The molecule has 1 heterocycles. The number of fused-ring (bicyclic) bond motifs is 1. The molecule has 1 aromatic carbocycles. The highest BCUT2D eigenvalue weighted by atomic mass is 19.1. The average Bonchev–Trinajstić information content (AvgIpc) is 3.34. The molecule has 0 N–H and O–H groups in total. The van der Waals surface area contributed by atoms with E-state index in [0.717, 1.165) is 37.7 Å². The lowest BCUT2D eigenvalue weighted by Crippen LogP contribution is -2.47. The molecule has 0 bridgehead atoms. The van der Waals surface area contributed by atoms with Crippen molar-refractivity contribution in [3.63, 3.8) is 0 Å². The van der Waals surface area contributed by atoms with Crippen molar-refractivity contribution in [3.05, 3.63) is 35.6 Å². The quantitative estimate of drug-likeness (QED) is 0.790. The van der Waals surface area contributed by atoms with E-state index in [1.165, 1.54) is 25.7 Å². The van der Waals surface area contributed by atoms with E-state index in [4.69, 9.17) is 4.74 Å². The molecule has 2 aliphatic carbocycles. The van der Waals surface area contributed by atoms with E-state index in [2.05, 4.69) is 0 Å². The van der Waals surface area contributed by atoms with Crippen molar-refractivity contribution in [2.45, 2.75) is 56.5 Å². The maximum absolute atomic E-state index is 13.2. The van der Waals surface area contributed by atoms with Gasteiger partial charge in [0.15, 0.2) is 0 Å². The summed E-state index contributed by atoms with van der Waals surface area (Å²) in [5.74, 6) is 0.0145. The van der Waals surface area contributed by atoms with Crippen LogP contribution in [0.25, 0.3) is 0 Å². The Kier molecular flexibility index (Phi) is 4.26. The number of amides is 1. The van der Waals surface area contributed by atoms with Crippen LogP contribution in [0.1, 0.15) is 50.0 Å². The van der Waals surface area contributed by atoms with E-state index in [9.17, 15) is 14.0 Å². The summed E-state index contributed by atoms with van der Waals surface area (Å²) in [6.45, 7) is 0. The molecule has 5 heteroatoms. The number of carbonyl (C=O) groups excluding carboxylic acids is 2. The maximum atomic E-state index is 13.2. The molecule has 1 saturated heterocycles. The molecule has 4 nitrogen and oxygen atoms in total. The second-order valence-corrected chi connectivity index (χ2v) is 7.63. The van der Waals surface area contributed by atoms with Crippen molar-refractivity contribution in [2.75, 3.05) is 7.11 Å². The molecule has 25 heavy (non-hydrogen) atoms. The Morgan fingerprint density at radius 3 is 2.56 bits per heavy atom. The molecule has 3 fully saturated rings. The highest BCUT2D eigenvalue weighted by molar-refractivity contribution is 5.89. The van der Waals surface area contributed by atoms with Crippen molar-refractivity contribution < 1.29 is 18.7 Å². The van der Waals surface area contributed by atoms with Crippen molar-refractivity contribution in [2.24, 2.45) is 11.8 Å². The predicted molar refractivity (Wildman–Crippen MR) is 90.3 cm³/mol. The molecule has 5 atom stereocenters. The van der Waals surface area contributed by atoms with E-state index < -0.39 is 6.04 Å². The van der Waals surface area contributed by atoms with Gasteiger partial charge in [0.05, 0.1) is 7.11 Å². The third-order valence-corrected chi connectivity index (χ3v) is 6.22. The Bertz CT molecular complexity index is 674. The lowest BCUT2D eigenvalue weighted by atomic mass is 9.84. The average molecular weight is 345 g/mol. The lowest BCUT2D eigenvalue weighted by molar-refractivity contribution is -0.153. The largest absolute Gasteiger partial charge is 0.467 e. The number of hydrogen-bond acceptors (Lipinski definition) is 3. The summed E-state index contributed by atoms with van der Waals surface area (Å²) in [5, 5.41) is 0. The topological polar surface area (TPSA) is 46.6 Å². The Labute approximate surface area is 147 Å². The zero-order chi connectivity index (χ0) is 17.6. The molecular weight excluding hydrogens is 321 g/mol. The van der Waals surface area contributed by atoms with E-state index in [1.807, 2.05) is 4.90 Å². The number of likely N-dealkylation sites (tertiary alicyclic amines) is 1. The molecule has 1 amide bonds. The number of carbonyl (C=O) groups is 2. The third kappa shape index (κ3) is 2.94. The van der Waals surface area contributed by atoms with Crippen LogP contribution in [0.15, 0.2) is 24.3 Å². The smallest absolute Gasteiger partial charge is 0.328 e. The van der Waals surface area contributed by atoms with E-state index >= 15 is 0 Å². The minimum Gasteiger partial charge on any atom is -0.467 e. The minimum absolute atomic E-state index is 0.0825. The van der Waals surface area contributed by atoms with Gasteiger partial charge in [-0.15, -0.1) is 0 Å². The summed E-state index contributed by atoms with van der Waals surface area (Å²) < 4.78 is 18.1. The van der Waals surface area contributed by atoms with Crippen molar-refractivity contribution in [3.8, 4) is 0 Å². The van der Waals surface area contributed by atoms with Crippen LogP contribution in [0.4, 0.5) is 4.39 Å². The Balaban J connectivity index is 1.53. The van der Waals surface area contributed by atoms with Gasteiger partial charge in [-0.2, -0.15) is 0 Å². The summed E-state index contributed by atoms with van der Waals surface area (Å²) >= 11 is 0. The van der Waals surface area contributed by atoms with Crippen LogP contribution < -0.4 is 0 Å². The number of ether oxygens (including phenoxy) is 1. The molecule has 1 aliphatic heterocycles. The number of methoxy groups -OCH3 is 1. The Morgan fingerprint density at radius 2 is 1.84 bits per heavy atom. The van der Waals surface area contributed by atoms with Gasteiger partial charge in [-0.25, -0.2) is 9.18 Å². The molecule has 4 rings (SSSR count). The molecule has 0 unspecified atom stereocenters. The normalized spacial score (nSPS) is 33.7. The van der Waals surface area contributed by atoms with Crippen LogP contribution in [0, 0.1) is 17.7 Å². The third-order valence-electron chi connectivity index (χ3n) is 6.22. The van der Waals surface area contributed by atoms with E-state index in [1.54, 1.807) is 12.1 Å². The van der Waals surface area contributed by atoms with Gasteiger partial charge < -0.3 is 9.64 Å². The fraction of sp³-hybridized carbons (Fsp3) is 0.600. The second kappa shape index (κ2) is 6.43. The predicted octanol–water partition coefficient (Wildman–Crippen LogP) is 3.26. The van der Waals surface area contributed by atoms with Crippen LogP contribution in [-0.2, 0) is 14.3 Å². The number of rotatable bonds is 3. The van der Waals surface area contributed by atoms with Crippen LogP contribution in [-0.4, -0.2) is 36.0 Å². The highest BCUT2D eigenvalue weighted by Crippen LogP contribution is 2.51. The summed E-state index contributed by atoms with van der Waals surface area (Å²) in [4.78, 5) is 27.3. The van der Waals surface area contributed by atoms with Gasteiger partial charge in [-0.1, -0.05) is 25.0 Å². The van der Waals surface area contributed by atoms with Gasteiger partial charge in [-0.05, 0) is 55.2 Å².